The van der Waals surface area contributed by atoms with Crippen LogP contribution in [0.2, 0.25) is 0 Å². The molecule has 0 aromatic heterocycles. The molecule has 18 heavy (non-hydrogen) atoms. The maximum atomic E-state index is 11.6. The van der Waals surface area contributed by atoms with Crippen molar-refractivity contribution in [3.63, 3.8) is 0 Å². The van der Waals surface area contributed by atoms with Crippen molar-refractivity contribution in [1.82, 2.24) is 4.31 Å². The smallest absolute Gasteiger partial charge is 0.332 e. The molecule has 1 unspecified atom stereocenters. The summed E-state index contributed by atoms with van der Waals surface area (Å²) in [6.45, 7) is 0.652. The monoisotopic (exact) mass is 317 g/mol. The average molecular weight is 318 g/mol. The van der Waals surface area contributed by atoms with E-state index in [1.165, 1.54) is 6.92 Å². The van der Waals surface area contributed by atoms with Crippen molar-refractivity contribution < 1.29 is 27.9 Å². The number of aliphatic carboxylic acids is 1. The summed E-state index contributed by atoms with van der Waals surface area (Å²) in [5.74, 6) is -2.15. The number of hydrogen-bond donors (Lipinski definition) is 1. The molecule has 0 aliphatic carbocycles. The van der Waals surface area contributed by atoms with Gasteiger partial charge in [0, 0.05) is 0 Å². The van der Waals surface area contributed by atoms with E-state index in [1.54, 1.807) is 0 Å². The fourth-order valence-electron chi connectivity index (χ4n) is 1.12. The molecular formula is C8H9Cl2NO6S. The molecule has 0 saturated carbocycles. The number of ether oxygens (including phenoxy) is 1. The molecule has 0 fully saturated rings. The summed E-state index contributed by atoms with van der Waals surface area (Å²) < 4.78 is 27.7. The number of carbonyl (C=O) groups excluding carboxylic acids is 1. The van der Waals surface area contributed by atoms with Crippen LogP contribution in [-0.4, -0.2) is 49.0 Å². The Morgan fingerprint density at radius 3 is 2.44 bits per heavy atom. The first kappa shape index (κ1) is 15.2. The molecule has 1 amide bonds. The Morgan fingerprint density at radius 1 is 1.50 bits per heavy atom. The molecule has 7 nitrogen and oxygen atoms in total. The molecule has 10 heteroatoms. The van der Waals surface area contributed by atoms with Crippen LogP contribution in [0.4, 0.5) is 0 Å². The molecule has 0 aromatic carbocycles. The van der Waals surface area contributed by atoms with E-state index in [4.69, 9.17) is 33.0 Å². The molecule has 1 heterocycles. The third-order valence-corrected chi connectivity index (χ3v) is 5.03. The van der Waals surface area contributed by atoms with E-state index in [9.17, 15) is 18.0 Å². The van der Waals surface area contributed by atoms with Crippen LogP contribution >= 0.6 is 23.2 Å². The van der Waals surface area contributed by atoms with Gasteiger partial charge in [-0.2, -0.15) is 8.42 Å². The molecule has 102 valence electrons. The SMILES string of the molecule is CC(OCCN1C(=O)C(Cl)=C(Cl)S1(=O)=O)C(=O)O. The predicted molar refractivity (Wildman–Crippen MR) is 62.4 cm³/mol. The van der Waals surface area contributed by atoms with Crippen LogP contribution in [0.15, 0.2) is 9.40 Å². The Balaban J connectivity index is 2.66. The van der Waals surface area contributed by atoms with E-state index < -0.39 is 37.4 Å². The third kappa shape index (κ3) is 2.77. The molecule has 1 N–H and O–H groups in total. The normalized spacial score (nSPS) is 20.4. The quantitative estimate of drug-likeness (QED) is 0.782. The first-order chi connectivity index (χ1) is 8.19. The van der Waals surface area contributed by atoms with Crippen LogP contribution in [-0.2, 0) is 24.3 Å². The van der Waals surface area contributed by atoms with Crippen LogP contribution in [0.3, 0.4) is 0 Å². The van der Waals surface area contributed by atoms with Crippen LogP contribution in [0, 0.1) is 0 Å². The lowest BCUT2D eigenvalue weighted by Crippen LogP contribution is -2.35. The lowest BCUT2D eigenvalue weighted by atomic mass is 10.4. The summed E-state index contributed by atoms with van der Waals surface area (Å²) in [5.41, 5.74) is 0. The number of nitrogens with zero attached hydrogens (tertiary/aromatic N) is 1. The van der Waals surface area contributed by atoms with Crippen molar-refractivity contribution in [2.75, 3.05) is 13.2 Å². The van der Waals surface area contributed by atoms with Gasteiger partial charge in [-0.25, -0.2) is 9.10 Å². The van der Waals surface area contributed by atoms with Crippen LogP contribution in [0.25, 0.3) is 0 Å². The lowest BCUT2D eigenvalue weighted by molar-refractivity contribution is -0.149. The minimum atomic E-state index is -4.11. The number of rotatable bonds is 5. The summed E-state index contributed by atoms with van der Waals surface area (Å²) in [7, 11) is -4.11. The van der Waals surface area contributed by atoms with E-state index in [2.05, 4.69) is 0 Å². The Hall–Kier alpha value is -0.830. The average Bonchev–Trinajstić information content (AvgIpc) is 2.43. The van der Waals surface area contributed by atoms with Gasteiger partial charge in [0.2, 0.25) is 0 Å². The zero-order valence-electron chi connectivity index (χ0n) is 9.09. The van der Waals surface area contributed by atoms with Crippen molar-refractivity contribution in [2.24, 2.45) is 0 Å². The second kappa shape index (κ2) is 5.43. The predicted octanol–water partition coefficient (Wildman–Crippen LogP) is 0.295. The minimum Gasteiger partial charge on any atom is -0.479 e. The molecule has 1 rings (SSSR count). The van der Waals surface area contributed by atoms with Gasteiger partial charge in [-0.15, -0.1) is 0 Å². The van der Waals surface area contributed by atoms with E-state index >= 15 is 0 Å². The summed E-state index contributed by atoms with van der Waals surface area (Å²) in [6.07, 6.45) is -1.11. The number of carboxylic acids is 1. The maximum Gasteiger partial charge on any atom is 0.332 e. The number of carbonyl (C=O) groups is 2. The van der Waals surface area contributed by atoms with Crippen molar-refractivity contribution >= 4 is 45.1 Å². The molecular weight excluding hydrogens is 309 g/mol. The maximum absolute atomic E-state index is 11.6. The Bertz CT molecular complexity index is 514. The molecule has 0 bridgehead atoms. The third-order valence-electron chi connectivity index (χ3n) is 2.11. The Labute approximate surface area is 113 Å². The highest BCUT2D eigenvalue weighted by atomic mass is 35.5. The summed E-state index contributed by atoms with van der Waals surface area (Å²) in [4.78, 5) is 21.9. The molecule has 1 aliphatic heterocycles. The first-order valence-electron chi connectivity index (χ1n) is 4.66. The van der Waals surface area contributed by atoms with Gasteiger partial charge in [0.05, 0.1) is 13.2 Å². The van der Waals surface area contributed by atoms with Crippen LogP contribution in [0.1, 0.15) is 6.92 Å². The molecule has 1 atom stereocenters. The fraction of sp³-hybridized carbons (Fsp3) is 0.500. The van der Waals surface area contributed by atoms with Crippen molar-refractivity contribution in [2.45, 2.75) is 13.0 Å². The van der Waals surface area contributed by atoms with Crippen LogP contribution < -0.4 is 0 Å². The molecule has 0 saturated heterocycles. The highest BCUT2D eigenvalue weighted by molar-refractivity contribution is 7.95. The van der Waals surface area contributed by atoms with Crippen molar-refractivity contribution in [3.05, 3.63) is 9.40 Å². The Kier molecular flexibility index (Phi) is 4.60. The number of halogens is 2. The van der Waals surface area contributed by atoms with Gasteiger partial charge in [0.25, 0.3) is 15.9 Å². The van der Waals surface area contributed by atoms with E-state index in [0.29, 0.717) is 4.31 Å². The topological polar surface area (TPSA) is 101 Å². The molecule has 0 radical (unpaired) electrons. The Morgan fingerprint density at radius 2 is 2.06 bits per heavy atom. The van der Waals surface area contributed by atoms with Crippen LogP contribution in [0.5, 0.6) is 0 Å². The van der Waals surface area contributed by atoms with Gasteiger partial charge in [-0.3, -0.25) is 4.79 Å². The molecule has 0 spiro atoms. The standard InChI is InChI=1S/C8H9Cl2NO6S/c1-4(8(13)14)17-3-2-11-7(12)5(9)6(10)18(11,15)16/h4H,2-3H2,1H3,(H,13,14). The van der Waals surface area contributed by atoms with Gasteiger partial charge in [-0.1, -0.05) is 23.2 Å². The fourth-order valence-corrected chi connectivity index (χ4v) is 3.03. The largest absolute Gasteiger partial charge is 0.479 e. The van der Waals surface area contributed by atoms with Crippen molar-refractivity contribution in [3.8, 4) is 0 Å². The van der Waals surface area contributed by atoms with Gasteiger partial charge < -0.3 is 9.84 Å². The van der Waals surface area contributed by atoms with E-state index in [1.807, 2.05) is 0 Å². The summed E-state index contributed by atoms with van der Waals surface area (Å²) >= 11 is 10.8. The second-order valence-corrected chi connectivity index (χ2v) is 6.10. The first-order valence-corrected chi connectivity index (χ1v) is 6.86. The van der Waals surface area contributed by atoms with E-state index in [0.717, 1.165) is 0 Å². The van der Waals surface area contributed by atoms with Gasteiger partial charge in [0.1, 0.15) is 5.03 Å². The van der Waals surface area contributed by atoms with Gasteiger partial charge >= 0.3 is 5.97 Å². The molecule has 1 aliphatic rings. The minimum absolute atomic E-state index is 0.271. The van der Waals surface area contributed by atoms with Gasteiger partial charge in [0.15, 0.2) is 10.5 Å². The lowest BCUT2D eigenvalue weighted by Gasteiger charge is -2.16. The van der Waals surface area contributed by atoms with E-state index in [-0.39, 0.29) is 13.2 Å². The second-order valence-electron chi connectivity index (χ2n) is 3.32. The number of sulfonamides is 1. The number of amides is 1. The highest BCUT2D eigenvalue weighted by Crippen LogP contribution is 2.32. The highest BCUT2D eigenvalue weighted by Gasteiger charge is 2.42. The molecule has 0 aromatic rings. The zero-order valence-corrected chi connectivity index (χ0v) is 11.4. The number of hydrogen-bond acceptors (Lipinski definition) is 5. The zero-order chi connectivity index (χ0) is 14.1. The van der Waals surface area contributed by atoms with Gasteiger partial charge in [-0.05, 0) is 6.92 Å². The summed E-state index contributed by atoms with van der Waals surface area (Å²) in [5, 5.41) is 7.96. The van der Waals surface area contributed by atoms with Crippen molar-refractivity contribution in [1.29, 1.82) is 0 Å². The summed E-state index contributed by atoms with van der Waals surface area (Å²) in [6, 6.07) is 0. The number of carboxylic acid groups (broad SMARTS) is 1.